The zero-order valence-corrected chi connectivity index (χ0v) is 12.3. The molecule has 2 unspecified atom stereocenters. The molecule has 5 heteroatoms. The van der Waals surface area contributed by atoms with E-state index in [0.29, 0.717) is 17.9 Å². The maximum atomic E-state index is 11.9. The van der Waals surface area contributed by atoms with Crippen molar-refractivity contribution in [1.82, 2.24) is 0 Å². The summed E-state index contributed by atoms with van der Waals surface area (Å²) < 4.78 is 10.6. The first-order chi connectivity index (χ1) is 9.56. The Morgan fingerprint density at radius 3 is 2.90 bits per heavy atom. The topological polar surface area (TPSA) is 64.8 Å². The Morgan fingerprint density at radius 2 is 2.30 bits per heavy atom. The maximum Gasteiger partial charge on any atom is 0.340 e. The highest BCUT2D eigenvalue weighted by Gasteiger charge is 2.29. The number of nitrogens with two attached hydrogens (primary N) is 1. The molecule has 1 aromatic rings. The van der Waals surface area contributed by atoms with E-state index in [1.807, 2.05) is 19.2 Å². The van der Waals surface area contributed by atoms with Gasteiger partial charge in [0.2, 0.25) is 0 Å². The predicted molar refractivity (Wildman–Crippen MR) is 79.0 cm³/mol. The van der Waals surface area contributed by atoms with Gasteiger partial charge >= 0.3 is 5.97 Å². The lowest BCUT2D eigenvalue weighted by atomic mass is 10.1. The molecule has 1 fully saturated rings. The molecule has 0 amide bonds. The number of carbonyl (C=O) groups is 1. The smallest absolute Gasteiger partial charge is 0.340 e. The number of carbonyl (C=O) groups excluding carboxylic acids is 1. The van der Waals surface area contributed by atoms with Gasteiger partial charge in [0, 0.05) is 13.7 Å². The number of nitrogen functional groups attached to an aromatic ring is 1. The first-order valence-corrected chi connectivity index (χ1v) is 6.96. The average molecular weight is 278 g/mol. The van der Waals surface area contributed by atoms with Crippen LogP contribution >= 0.6 is 0 Å². The number of rotatable bonds is 4. The highest BCUT2D eigenvalue weighted by molar-refractivity contribution is 5.98. The van der Waals surface area contributed by atoms with E-state index in [0.717, 1.165) is 18.7 Å². The molecule has 0 bridgehead atoms. The van der Waals surface area contributed by atoms with Gasteiger partial charge in [-0.2, -0.15) is 0 Å². The van der Waals surface area contributed by atoms with E-state index in [1.54, 1.807) is 13.0 Å². The Kier molecular flexibility index (Phi) is 4.49. The zero-order chi connectivity index (χ0) is 14.7. The zero-order valence-electron chi connectivity index (χ0n) is 12.3. The number of hydrogen-bond donors (Lipinski definition) is 1. The summed E-state index contributed by atoms with van der Waals surface area (Å²) in [5.74, 6) is -0.379. The van der Waals surface area contributed by atoms with Crippen LogP contribution in [-0.2, 0) is 9.47 Å². The lowest BCUT2D eigenvalue weighted by Crippen LogP contribution is -2.37. The van der Waals surface area contributed by atoms with Gasteiger partial charge < -0.3 is 20.1 Å². The molecule has 1 saturated heterocycles. The van der Waals surface area contributed by atoms with Gasteiger partial charge in [0.25, 0.3) is 0 Å². The van der Waals surface area contributed by atoms with Gasteiger partial charge in [-0.1, -0.05) is 6.07 Å². The third kappa shape index (κ3) is 2.72. The van der Waals surface area contributed by atoms with E-state index in [4.69, 9.17) is 15.2 Å². The first-order valence-electron chi connectivity index (χ1n) is 6.96. The van der Waals surface area contributed by atoms with Gasteiger partial charge in [-0.3, -0.25) is 0 Å². The third-order valence-corrected chi connectivity index (χ3v) is 3.79. The standard InChI is InChI=1S/C15H22N2O3/c1-4-19-15(18)11-6-5-7-13(14(11)16)17(3)12-8-9-20-10(12)2/h5-7,10,12H,4,8-9,16H2,1-3H3. The largest absolute Gasteiger partial charge is 0.462 e. The Morgan fingerprint density at radius 1 is 1.55 bits per heavy atom. The van der Waals surface area contributed by atoms with Crippen LogP contribution in [0.2, 0.25) is 0 Å². The van der Waals surface area contributed by atoms with Gasteiger partial charge in [-0.15, -0.1) is 0 Å². The molecule has 5 nitrogen and oxygen atoms in total. The van der Waals surface area contributed by atoms with E-state index in [-0.39, 0.29) is 18.1 Å². The number of benzene rings is 1. The Labute approximate surface area is 119 Å². The van der Waals surface area contributed by atoms with Crippen molar-refractivity contribution >= 4 is 17.3 Å². The number of para-hydroxylation sites is 1. The molecule has 1 heterocycles. The molecule has 0 spiro atoms. The van der Waals surface area contributed by atoms with Crippen molar-refractivity contribution in [3.8, 4) is 0 Å². The first kappa shape index (κ1) is 14.7. The van der Waals surface area contributed by atoms with Crippen molar-refractivity contribution in [3.05, 3.63) is 23.8 Å². The van der Waals surface area contributed by atoms with Crippen LogP contribution in [0.25, 0.3) is 0 Å². The molecule has 0 aliphatic carbocycles. The second kappa shape index (κ2) is 6.13. The number of nitrogens with zero attached hydrogens (tertiary/aromatic N) is 1. The molecule has 0 aromatic heterocycles. The van der Waals surface area contributed by atoms with Crippen LogP contribution in [0, 0.1) is 0 Å². The highest BCUT2D eigenvalue weighted by Crippen LogP contribution is 2.31. The van der Waals surface area contributed by atoms with Crippen LogP contribution in [0.5, 0.6) is 0 Å². The number of esters is 1. The Hall–Kier alpha value is -1.75. The summed E-state index contributed by atoms with van der Waals surface area (Å²) in [6.07, 6.45) is 1.12. The van der Waals surface area contributed by atoms with Gasteiger partial charge in [0.15, 0.2) is 0 Å². The molecule has 0 saturated carbocycles. The summed E-state index contributed by atoms with van der Waals surface area (Å²) >= 11 is 0. The fourth-order valence-electron chi connectivity index (χ4n) is 2.66. The SMILES string of the molecule is CCOC(=O)c1cccc(N(C)C2CCOC2C)c1N. The summed E-state index contributed by atoms with van der Waals surface area (Å²) in [6, 6.07) is 5.71. The van der Waals surface area contributed by atoms with Crippen LogP contribution in [0.15, 0.2) is 18.2 Å². The second-order valence-corrected chi connectivity index (χ2v) is 5.00. The molecule has 1 aliphatic rings. The minimum atomic E-state index is -0.379. The minimum Gasteiger partial charge on any atom is -0.462 e. The Balaban J connectivity index is 2.28. The van der Waals surface area contributed by atoms with E-state index in [2.05, 4.69) is 11.8 Å². The monoisotopic (exact) mass is 278 g/mol. The summed E-state index contributed by atoms with van der Waals surface area (Å²) in [5.41, 5.74) is 7.88. The quantitative estimate of drug-likeness (QED) is 0.674. The molecule has 0 radical (unpaired) electrons. The third-order valence-electron chi connectivity index (χ3n) is 3.79. The van der Waals surface area contributed by atoms with Crippen molar-refractivity contribution in [2.45, 2.75) is 32.4 Å². The summed E-state index contributed by atoms with van der Waals surface area (Å²) in [6.45, 7) is 4.93. The molecule has 1 aromatic carbocycles. The van der Waals surface area contributed by atoms with Crippen LogP contribution in [0.4, 0.5) is 11.4 Å². The van der Waals surface area contributed by atoms with Crippen molar-refractivity contribution in [2.24, 2.45) is 0 Å². The molecular formula is C15H22N2O3. The molecule has 1 aliphatic heterocycles. The number of likely N-dealkylation sites (N-methyl/N-ethyl adjacent to an activating group) is 1. The predicted octanol–water partition coefficient (Wildman–Crippen LogP) is 2.06. The fraction of sp³-hybridized carbons (Fsp3) is 0.533. The van der Waals surface area contributed by atoms with Crippen LogP contribution in [0.1, 0.15) is 30.6 Å². The second-order valence-electron chi connectivity index (χ2n) is 5.00. The Bertz CT molecular complexity index is 490. The van der Waals surface area contributed by atoms with Gasteiger partial charge in [-0.05, 0) is 32.4 Å². The average Bonchev–Trinajstić information content (AvgIpc) is 2.84. The molecule has 2 N–H and O–H groups in total. The van der Waals surface area contributed by atoms with E-state index in [1.165, 1.54) is 0 Å². The van der Waals surface area contributed by atoms with E-state index < -0.39 is 0 Å². The van der Waals surface area contributed by atoms with Crippen LogP contribution in [-0.4, -0.2) is 38.4 Å². The van der Waals surface area contributed by atoms with Crippen molar-refractivity contribution in [2.75, 3.05) is 30.9 Å². The maximum absolute atomic E-state index is 11.9. The van der Waals surface area contributed by atoms with Crippen LogP contribution < -0.4 is 10.6 Å². The lowest BCUT2D eigenvalue weighted by Gasteiger charge is -2.30. The molecule has 2 atom stereocenters. The molecule has 110 valence electrons. The summed E-state index contributed by atoms with van der Waals surface area (Å²) in [5, 5.41) is 0. The van der Waals surface area contributed by atoms with Crippen LogP contribution in [0.3, 0.4) is 0 Å². The summed E-state index contributed by atoms with van der Waals surface area (Å²) in [7, 11) is 1.98. The highest BCUT2D eigenvalue weighted by atomic mass is 16.5. The summed E-state index contributed by atoms with van der Waals surface area (Å²) in [4.78, 5) is 14.0. The molecule has 20 heavy (non-hydrogen) atoms. The van der Waals surface area contributed by atoms with Gasteiger partial charge in [-0.25, -0.2) is 4.79 Å². The molecular weight excluding hydrogens is 256 g/mol. The number of anilines is 2. The number of hydrogen-bond acceptors (Lipinski definition) is 5. The molecule has 2 rings (SSSR count). The van der Waals surface area contributed by atoms with Gasteiger partial charge in [0.1, 0.15) is 0 Å². The normalized spacial score (nSPS) is 21.8. The lowest BCUT2D eigenvalue weighted by molar-refractivity contribution is 0.0527. The van der Waals surface area contributed by atoms with Crippen molar-refractivity contribution in [3.63, 3.8) is 0 Å². The van der Waals surface area contributed by atoms with Crippen molar-refractivity contribution in [1.29, 1.82) is 0 Å². The fourth-order valence-corrected chi connectivity index (χ4v) is 2.66. The minimum absolute atomic E-state index is 0.158. The van der Waals surface area contributed by atoms with E-state index >= 15 is 0 Å². The van der Waals surface area contributed by atoms with Gasteiger partial charge in [0.05, 0.1) is 35.7 Å². The van der Waals surface area contributed by atoms with E-state index in [9.17, 15) is 4.79 Å². The number of ether oxygens (including phenoxy) is 2. The van der Waals surface area contributed by atoms with Crippen molar-refractivity contribution < 1.29 is 14.3 Å².